The first-order valence-electron chi connectivity index (χ1n) is 9.08. The van der Waals surface area contributed by atoms with E-state index in [-0.39, 0.29) is 5.91 Å². The van der Waals surface area contributed by atoms with Crippen LogP contribution in [0.25, 0.3) is 0 Å². The zero-order valence-electron chi connectivity index (χ0n) is 15.2. The molecule has 144 valence electrons. The Hall–Kier alpha value is -1.90. The van der Waals surface area contributed by atoms with Crippen LogP contribution in [0.4, 0.5) is 11.6 Å². The van der Waals surface area contributed by atoms with E-state index in [9.17, 15) is 4.79 Å². The monoisotopic (exact) mass is 407 g/mol. The van der Waals surface area contributed by atoms with Crippen LogP contribution < -0.4 is 9.80 Å². The van der Waals surface area contributed by atoms with Gasteiger partial charge in [-0.1, -0.05) is 11.6 Å². The SMILES string of the molecule is Cc1nc(N2CCOCC2)cc(N2CCN(C(=O)c3ccc(Cl)s3)CC2)n1. The Balaban J connectivity index is 1.43. The molecule has 0 spiro atoms. The van der Waals surface area contributed by atoms with Crippen molar-refractivity contribution in [2.75, 3.05) is 62.3 Å². The van der Waals surface area contributed by atoms with Crippen LogP contribution in [0.15, 0.2) is 18.2 Å². The Kier molecular flexibility index (Phi) is 5.47. The average Bonchev–Trinajstić information content (AvgIpc) is 3.14. The summed E-state index contributed by atoms with van der Waals surface area (Å²) in [6.45, 7) is 7.93. The number of rotatable bonds is 3. The summed E-state index contributed by atoms with van der Waals surface area (Å²) in [7, 11) is 0. The molecule has 9 heteroatoms. The molecule has 1 amide bonds. The van der Waals surface area contributed by atoms with Crippen molar-refractivity contribution >= 4 is 40.5 Å². The standard InChI is InChI=1S/C18H22ClN5O2S/c1-13-20-16(12-17(21-13)23-8-10-26-11-9-23)22-4-6-24(7-5-22)18(25)14-2-3-15(19)27-14/h2-3,12H,4-11H2,1H3. The van der Waals surface area contributed by atoms with Crippen LogP contribution in [-0.2, 0) is 4.74 Å². The molecule has 4 heterocycles. The van der Waals surface area contributed by atoms with Crippen LogP contribution in [0.2, 0.25) is 4.34 Å². The van der Waals surface area contributed by atoms with Crippen molar-refractivity contribution in [2.45, 2.75) is 6.92 Å². The lowest BCUT2D eigenvalue weighted by Crippen LogP contribution is -2.49. The molecule has 0 atom stereocenters. The van der Waals surface area contributed by atoms with Crippen molar-refractivity contribution in [1.82, 2.24) is 14.9 Å². The summed E-state index contributed by atoms with van der Waals surface area (Å²) in [6.07, 6.45) is 0. The minimum atomic E-state index is 0.0550. The first-order chi connectivity index (χ1) is 13.1. The zero-order valence-corrected chi connectivity index (χ0v) is 16.8. The first kappa shape index (κ1) is 18.5. The Morgan fingerprint density at radius 2 is 1.67 bits per heavy atom. The third-order valence-electron chi connectivity index (χ3n) is 4.82. The van der Waals surface area contributed by atoms with Gasteiger partial charge >= 0.3 is 0 Å². The summed E-state index contributed by atoms with van der Waals surface area (Å²) in [5, 5.41) is 0. The second kappa shape index (κ2) is 8.00. The van der Waals surface area contributed by atoms with E-state index in [1.807, 2.05) is 11.8 Å². The van der Waals surface area contributed by atoms with Crippen LogP contribution in [0, 0.1) is 6.92 Å². The van der Waals surface area contributed by atoms with Gasteiger partial charge in [0, 0.05) is 45.3 Å². The van der Waals surface area contributed by atoms with Gasteiger partial charge in [0.2, 0.25) is 0 Å². The van der Waals surface area contributed by atoms with Gasteiger partial charge in [-0.3, -0.25) is 4.79 Å². The maximum atomic E-state index is 12.6. The molecular weight excluding hydrogens is 386 g/mol. The number of anilines is 2. The summed E-state index contributed by atoms with van der Waals surface area (Å²) >= 11 is 7.28. The smallest absolute Gasteiger partial charge is 0.264 e. The van der Waals surface area contributed by atoms with Crippen molar-refractivity contribution in [3.63, 3.8) is 0 Å². The van der Waals surface area contributed by atoms with E-state index in [0.717, 1.165) is 56.9 Å². The van der Waals surface area contributed by atoms with E-state index in [1.165, 1.54) is 11.3 Å². The minimum absolute atomic E-state index is 0.0550. The maximum Gasteiger partial charge on any atom is 0.264 e. The Labute approximate surface area is 167 Å². The van der Waals surface area contributed by atoms with Crippen molar-refractivity contribution in [3.8, 4) is 0 Å². The van der Waals surface area contributed by atoms with Crippen LogP contribution in [0.5, 0.6) is 0 Å². The van der Waals surface area contributed by atoms with Crippen LogP contribution in [0.1, 0.15) is 15.5 Å². The third kappa shape index (κ3) is 4.17. The summed E-state index contributed by atoms with van der Waals surface area (Å²) in [5.74, 6) is 2.70. The van der Waals surface area contributed by atoms with Crippen molar-refractivity contribution in [2.24, 2.45) is 0 Å². The van der Waals surface area contributed by atoms with Gasteiger partial charge < -0.3 is 19.4 Å². The molecule has 0 N–H and O–H groups in total. The highest BCUT2D eigenvalue weighted by Gasteiger charge is 2.25. The number of hydrogen-bond donors (Lipinski definition) is 0. The topological polar surface area (TPSA) is 61.8 Å². The molecule has 0 aliphatic carbocycles. The van der Waals surface area contributed by atoms with Gasteiger partial charge in [0.25, 0.3) is 5.91 Å². The fraction of sp³-hybridized carbons (Fsp3) is 0.500. The highest BCUT2D eigenvalue weighted by molar-refractivity contribution is 7.17. The number of nitrogens with zero attached hydrogens (tertiary/aromatic N) is 5. The van der Waals surface area contributed by atoms with Gasteiger partial charge in [0.15, 0.2) is 0 Å². The minimum Gasteiger partial charge on any atom is -0.378 e. The van der Waals surface area contributed by atoms with E-state index in [1.54, 1.807) is 12.1 Å². The third-order valence-corrected chi connectivity index (χ3v) is 6.04. The predicted molar refractivity (Wildman–Crippen MR) is 107 cm³/mol. The van der Waals surface area contributed by atoms with Crippen molar-refractivity contribution in [1.29, 1.82) is 0 Å². The molecule has 0 bridgehead atoms. The summed E-state index contributed by atoms with van der Waals surface area (Å²) in [4.78, 5) is 28.8. The van der Waals surface area contributed by atoms with E-state index < -0.39 is 0 Å². The molecule has 2 aliphatic rings. The molecule has 2 fully saturated rings. The average molecular weight is 408 g/mol. The van der Waals surface area contributed by atoms with E-state index in [0.29, 0.717) is 22.3 Å². The Bertz CT molecular complexity index is 816. The summed E-state index contributed by atoms with van der Waals surface area (Å²) in [6, 6.07) is 5.62. The predicted octanol–water partition coefficient (Wildman–Crippen LogP) is 2.30. The number of thiophene rings is 1. The molecule has 4 rings (SSSR count). The largest absolute Gasteiger partial charge is 0.378 e. The van der Waals surface area contributed by atoms with E-state index in [2.05, 4.69) is 25.8 Å². The molecule has 2 aromatic rings. The van der Waals surface area contributed by atoms with Gasteiger partial charge in [0.1, 0.15) is 17.5 Å². The molecule has 0 unspecified atom stereocenters. The highest BCUT2D eigenvalue weighted by Crippen LogP contribution is 2.25. The quantitative estimate of drug-likeness (QED) is 0.778. The second-order valence-electron chi connectivity index (χ2n) is 6.61. The van der Waals surface area contributed by atoms with Crippen LogP contribution in [-0.4, -0.2) is 73.3 Å². The number of piperazine rings is 1. The van der Waals surface area contributed by atoms with Crippen LogP contribution >= 0.6 is 22.9 Å². The molecule has 2 saturated heterocycles. The molecule has 2 aliphatic heterocycles. The molecule has 0 radical (unpaired) electrons. The number of morpholine rings is 1. The molecule has 0 aromatic carbocycles. The summed E-state index contributed by atoms with van der Waals surface area (Å²) in [5.41, 5.74) is 0. The van der Waals surface area contributed by atoms with Crippen LogP contribution in [0.3, 0.4) is 0 Å². The normalized spacial score (nSPS) is 18.1. The molecule has 27 heavy (non-hydrogen) atoms. The van der Waals surface area contributed by atoms with Crippen molar-refractivity contribution in [3.05, 3.63) is 33.2 Å². The van der Waals surface area contributed by atoms with Gasteiger partial charge in [-0.25, -0.2) is 9.97 Å². The fourth-order valence-electron chi connectivity index (χ4n) is 3.38. The summed E-state index contributed by atoms with van der Waals surface area (Å²) < 4.78 is 6.07. The number of amides is 1. The van der Waals surface area contributed by atoms with Gasteiger partial charge in [-0.05, 0) is 19.1 Å². The Morgan fingerprint density at radius 3 is 2.26 bits per heavy atom. The molecule has 2 aromatic heterocycles. The fourth-order valence-corrected chi connectivity index (χ4v) is 4.39. The molecule has 7 nitrogen and oxygen atoms in total. The van der Waals surface area contributed by atoms with Gasteiger partial charge in [-0.15, -0.1) is 11.3 Å². The van der Waals surface area contributed by atoms with E-state index >= 15 is 0 Å². The Morgan fingerprint density at radius 1 is 1.04 bits per heavy atom. The number of hydrogen-bond acceptors (Lipinski definition) is 7. The number of ether oxygens (including phenoxy) is 1. The number of carbonyl (C=O) groups is 1. The molecule has 0 saturated carbocycles. The number of aryl methyl sites for hydroxylation is 1. The second-order valence-corrected chi connectivity index (χ2v) is 8.33. The highest BCUT2D eigenvalue weighted by atomic mass is 35.5. The van der Waals surface area contributed by atoms with E-state index in [4.69, 9.17) is 16.3 Å². The lowest BCUT2D eigenvalue weighted by molar-refractivity contribution is 0.0751. The lowest BCUT2D eigenvalue weighted by atomic mass is 10.2. The number of halogens is 1. The first-order valence-corrected chi connectivity index (χ1v) is 10.3. The number of carbonyl (C=O) groups excluding carboxylic acids is 1. The van der Waals surface area contributed by atoms with Gasteiger partial charge in [-0.2, -0.15) is 0 Å². The lowest BCUT2D eigenvalue weighted by Gasteiger charge is -2.36. The maximum absolute atomic E-state index is 12.6. The van der Waals surface area contributed by atoms with Crippen molar-refractivity contribution < 1.29 is 9.53 Å². The zero-order chi connectivity index (χ0) is 18.8. The number of aromatic nitrogens is 2. The molecular formula is C18H22ClN5O2S. The van der Waals surface area contributed by atoms with Gasteiger partial charge in [0.05, 0.1) is 22.4 Å².